The molecule has 25 heavy (non-hydrogen) atoms. The van der Waals surface area contributed by atoms with Crippen LogP contribution in [-0.2, 0) is 9.63 Å². The quantitative estimate of drug-likeness (QED) is 0.199. The van der Waals surface area contributed by atoms with Crippen molar-refractivity contribution in [2.24, 2.45) is 16.6 Å². The van der Waals surface area contributed by atoms with Gasteiger partial charge in [-0.15, -0.1) is 0 Å². The smallest absolute Gasteiger partial charge is 0.390 e. The van der Waals surface area contributed by atoms with Gasteiger partial charge in [0.15, 0.2) is 12.4 Å². The molecule has 12 heteroatoms. The SMILES string of the molecule is NC(=O)COc1ccc(/C(N)=N/OC(=O)c2[nH]ncc2[N+](=O)[O-])cc1. The number of rotatable bonds is 7. The van der Waals surface area contributed by atoms with Gasteiger partial charge in [0.1, 0.15) is 11.9 Å². The van der Waals surface area contributed by atoms with Crippen molar-refractivity contribution in [1.29, 1.82) is 0 Å². The number of nitro groups is 1. The van der Waals surface area contributed by atoms with E-state index in [0.29, 0.717) is 11.3 Å². The summed E-state index contributed by atoms with van der Waals surface area (Å²) in [7, 11) is 0. The Balaban J connectivity index is 2.03. The van der Waals surface area contributed by atoms with Gasteiger partial charge in [-0.3, -0.25) is 20.0 Å². The summed E-state index contributed by atoms with van der Waals surface area (Å²) >= 11 is 0. The van der Waals surface area contributed by atoms with Crippen molar-refractivity contribution in [2.75, 3.05) is 6.61 Å². The zero-order valence-corrected chi connectivity index (χ0v) is 12.5. The van der Waals surface area contributed by atoms with E-state index < -0.39 is 28.2 Å². The summed E-state index contributed by atoms with van der Waals surface area (Å²) in [4.78, 5) is 36.8. The lowest BCUT2D eigenvalue weighted by Crippen LogP contribution is -2.20. The van der Waals surface area contributed by atoms with Crippen molar-refractivity contribution in [1.82, 2.24) is 10.2 Å². The second kappa shape index (κ2) is 7.54. The van der Waals surface area contributed by atoms with Crippen LogP contribution < -0.4 is 16.2 Å². The van der Waals surface area contributed by atoms with Crippen LogP contribution in [0.3, 0.4) is 0 Å². The number of carbonyl (C=O) groups excluding carboxylic acids is 2. The minimum atomic E-state index is -1.12. The molecule has 2 rings (SSSR count). The van der Waals surface area contributed by atoms with Crippen LogP contribution >= 0.6 is 0 Å². The molecule has 0 radical (unpaired) electrons. The molecule has 12 nitrogen and oxygen atoms in total. The van der Waals surface area contributed by atoms with E-state index in [1.165, 1.54) is 24.3 Å². The molecule has 1 amide bonds. The third-order valence-corrected chi connectivity index (χ3v) is 2.78. The van der Waals surface area contributed by atoms with Gasteiger partial charge in [-0.25, -0.2) is 4.79 Å². The number of oxime groups is 1. The van der Waals surface area contributed by atoms with Crippen LogP contribution in [0.25, 0.3) is 0 Å². The molecule has 0 unspecified atom stereocenters. The molecule has 0 aliphatic rings. The van der Waals surface area contributed by atoms with E-state index in [1.54, 1.807) is 0 Å². The topological polar surface area (TPSA) is 189 Å². The predicted molar refractivity (Wildman–Crippen MR) is 82.5 cm³/mol. The highest BCUT2D eigenvalue weighted by Crippen LogP contribution is 2.16. The number of nitrogens with one attached hydrogen (secondary N) is 1. The minimum absolute atomic E-state index is 0.156. The number of hydrogen-bond donors (Lipinski definition) is 3. The van der Waals surface area contributed by atoms with Crippen molar-refractivity contribution < 1.29 is 24.1 Å². The third-order valence-electron chi connectivity index (χ3n) is 2.78. The number of carbonyl (C=O) groups is 2. The predicted octanol–water partition coefficient (Wildman–Crippen LogP) is -0.341. The average molecular weight is 348 g/mol. The van der Waals surface area contributed by atoms with Gasteiger partial charge < -0.3 is 21.0 Å². The number of H-pyrrole nitrogens is 1. The van der Waals surface area contributed by atoms with Crippen LogP contribution in [0.4, 0.5) is 5.69 Å². The number of nitrogens with zero attached hydrogens (tertiary/aromatic N) is 3. The van der Waals surface area contributed by atoms with Crippen LogP contribution in [0, 0.1) is 10.1 Å². The number of nitrogens with two attached hydrogens (primary N) is 2. The maximum Gasteiger partial charge on any atom is 0.390 e. The van der Waals surface area contributed by atoms with Crippen molar-refractivity contribution in [3.05, 3.63) is 51.8 Å². The van der Waals surface area contributed by atoms with Gasteiger partial charge in [0.05, 0.1) is 4.92 Å². The molecule has 0 bridgehead atoms. The summed E-state index contributed by atoms with van der Waals surface area (Å²) in [5.74, 6) is -1.52. The van der Waals surface area contributed by atoms with Crippen LogP contribution in [0.1, 0.15) is 16.1 Å². The Labute approximate surface area is 139 Å². The molecule has 0 aliphatic carbocycles. The third kappa shape index (κ3) is 4.51. The van der Waals surface area contributed by atoms with E-state index in [2.05, 4.69) is 20.2 Å². The molecule has 0 fully saturated rings. The molecule has 1 heterocycles. The first-order valence-corrected chi connectivity index (χ1v) is 6.62. The standard InChI is InChI=1S/C13H12N6O6/c14-10(20)6-24-8-3-1-7(2-4-8)12(15)18-25-13(21)11-9(19(22)23)5-16-17-11/h1-5H,6H2,(H2,14,20)(H2,15,18)(H,16,17). The van der Waals surface area contributed by atoms with E-state index in [9.17, 15) is 19.7 Å². The van der Waals surface area contributed by atoms with Crippen LogP contribution in [0.15, 0.2) is 35.6 Å². The van der Waals surface area contributed by atoms with Crippen LogP contribution in [-0.4, -0.2) is 39.4 Å². The monoisotopic (exact) mass is 348 g/mol. The lowest BCUT2D eigenvalue weighted by Gasteiger charge is -2.05. The summed E-state index contributed by atoms with van der Waals surface area (Å²) in [5.41, 5.74) is 10.00. The lowest BCUT2D eigenvalue weighted by atomic mass is 10.2. The lowest BCUT2D eigenvalue weighted by molar-refractivity contribution is -0.385. The van der Waals surface area contributed by atoms with E-state index in [0.717, 1.165) is 6.20 Å². The zero-order valence-electron chi connectivity index (χ0n) is 12.5. The number of hydrogen-bond acceptors (Lipinski definition) is 8. The van der Waals surface area contributed by atoms with Crippen molar-refractivity contribution in [2.45, 2.75) is 0 Å². The van der Waals surface area contributed by atoms with Gasteiger partial charge in [0, 0.05) is 5.56 Å². The van der Waals surface area contributed by atoms with Gasteiger partial charge in [-0.2, -0.15) is 5.10 Å². The minimum Gasteiger partial charge on any atom is -0.484 e. The van der Waals surface area contributed by atoms with E-state index in [1.807, 2.05) is 0 Å². The highest BCUT2D eigenvalue weighted by molar-refractivity contribution is 5.98. The van der Waals surface area contributed by atoms with Crippen molar-refractivity contribution >= 4 is 23.4 Å². The normalized spacial score (nSPS) is 11.0. The summed E-state index contributed by atoms with van der Waals surface area (Å²) in [5, 5.41) is 19.7. The molecule has 5 N–H and O–H groups in total. The molecule has 0 atom stereocenters. The summed E-state index contributed by atoms with van der Waals surface area (Å²) in [6, 6.07) is 6.01. The summed E-state index contributed by atoms with van der Waals surface area (Å²) < 4.78 is 5.07. The molecule has 0 saturated carbocycles. The number of ether oxygens (including phenoxy) is 1. The number of amidine groups is 1. The van der Waals surface area contributed by atoms with Gasteiger partial charge >= 0.3 is 11.7 Å². The second-order valence-electron chi connectivity index (χ2n) is 4.52. The number of primary amides is 1. The zero-order chi connectivity index (χ0) is 18.4. The molecule has 2 aromatic rings. The first kappa shape index (κ1) is 17.4. The molecular formula is C13H12N6O6. The molecule has 1 aromatic heterocycles. The van der Waals surface area contributed by atoms with Crippen molar-refractivity contribution in [3.8, 4) is 5.75 Å². The Morgan fingerprint density at radius 1 is 1.28 bits per heavy atom. The fraction of sp³-hybridized carbons (Fsp3) is 0.0769. The van der Waals surface area contributed by atoms with Gasteiger partial charge in [-0.05, 0) is 24.3 Å². The largest absolute Gasteiger partial charge is 0.484 e. The summed E-state index contributed by atoms with van der Waals surface area (Å²) in [6.07, 6.45) is 0.870. The molecule has 0 saturated heterocycles. The number of amides is 1. The molecule has 0 aliphatic heterocycles. The van der Waals surface area contributed by atoms with E-state index >= 15 is 0 Å². The number of aromatic nitrogens is 2. The Bertz CT molecular complexity index is 828. The number of aromatic amines is 1. The molecule has 130 valence electrons. The Hall–Kier alpha value is -3.96. The van der Waals surface area contributed by atoms with Gasteiger partial charge in [0.25, 0.3) is 5.91 Å². The fourth-order valence-corrected chi connectivity index (χ4v) is 1.63. The molecule has 0 spiro atoms. The van der Waals surface area contributed by atoms with Crippen molar-refractivity contribution in [3.63, 3.8) is 0 Å². The van der Waals surface area contributed by atoms with Crippen LogP contribution in [0.2, 0.25) is 0 Å². The Morgan fingerprint density at radius 3 is 2.56 bits per heavy atom. The second-order valence-corrected chi connectivity index (χ2v) is 4.52. The van der Waals surface area contributed by atoms with Gasteiger partial charge in [-0.1, -0.05) is 5.16 Å². The van der Waals surface area contributed by atoms with Crippen LogP contribution in [0.5, 0.6) is 5.75 Å². The highest BCUT2D eigenvalue weighted by atomic mass is 16.7. The maximum atomic E-state index is 11.7. The average Bonchev–Trinajstić information content (AvgIpc) is 3.08. The maximum absolute atomic E-state index is 11.7. The van der Waals surface area contributed by atoms with E-state index in [4.69, 9.17) is 16.2 Å². The first-order valence-electron chi connectivity index (χ1n) is 6.62. The number of benzene rings is 1. The highest BCUT2D eigenvalue weighted by Gasteiger charge is 2.24. The van der Waals surface area contributed by atoms with E-state index in [-0.39, 0.29) is 12.4 Å². The fourth-order valence-electron chi connectivity index (χ4n) is 1.63. The Kier molecular flexibility index (Phi) is 5.25. The van der Waals surface area contributed by atoms with Gasteiger partial charge in [0.2, 0.25) is 5.69 Å². The molecular weight excluding hydrogens is 336 g/mol. The first-order chi connectivity index (χ1) is 11.9. The molecule has 1 aromatic carbocycles. The Morgan fingerprint density at radius 2 is 1.96 bits per heavy atom. The summed E-state index contributed by atoms with van der Waals surface area (Å²) in [6.45, 7) is -0.274.